The Kier molecular flexibility index (Phi) is 4.48. The second kappa shape index (κ2) is 6.54. The van der Waals surface area contributed by atoms with E-state index in [-0.39, 0.29) is 5.91 Å². The van der Waals surface area contributed by atoms with Gasteiger partial charge in [0, 0.05) is 47.1 Å². The van der Waals surface area contributed by atoms with E-state index in [4.69, 9.17) is 0 Å². The molecule has 0 radical (unpaired) electrons. The number of nitrogens with zero attached hydrogens (tertiary/aromatic N) is 3. The molecule has 2 heterocycles. The third kappa shape index (κ3) is 3.15. The van der Waals surface area contributed by atoms with Gasteiger partial charge in [0.05, 0.1) is 0 Å². The summed E-state index contributed by atoms with van der Waals surface area (Å²) in [6.07, 6.45) is 3.52. The van der Waals surface area contributed by atoms with E-state index in [1.54, 1.807) is 17.3 Å². The molecule has 0 saturated carbocycles. The van der Waals surface area contributed by atoms with E-state index >= 15 is 0 Å². The molecule has 0 spiro atoms. The van der Waals surface area contributed by atoms with Gasteiger partial charge < -0.3 is 9.47 Å². The van der Waals surface area contributed by atoms with Gasteiger partial charge in [-0.1, -0.05) is 24.3 Å². The lowest BCUT2D eigenvalue weighted by atomic mass is 10.2. The first-order valence-electron chi connectivity index (χ1n) is 7.44. The predicted octanol–water partition coefficient (Wildman–Crippen LogP) is 3.77. The zero-order valence-electron chi connectivity index (χ0n) is 13.2. The Labute approximate surface area is 143 Å². The molecule has 0 N–H and O–H groups in total. The van der Waals surface area contributed by atoms with E-state index in [1.165, 1.54) is 0 Å². The number of pyridine rings is 1. The molecule has 0 aliphatic heterocycles. The van der Waals surface area contributed by atoms with E-state index in [2.05, 4.69) is 31.5 Å². The second-order valence-electron chi connectivity index (χ2n) is 5.61. The van der Waals surface area contributed by atoms with Crippen LogP contribution in [-0.2, 0) is 17.9 Å². The van der Waals surface area contributed by atoms with Crippen molar-refractivity contribution in [3.8, 4) is 0 Å². The van der Waals surface area contributed by atoms with Crippen molar-refractivity contribution < 1.29 is 4.79 Å². The zero-order chi connectivity index (χ0) is 16.4. The molecule has 1 amide bonds. The Morgan fingerprint density at radius 1 is 1.26 bits per heavy atom. The first-order chi connectivity index (χ1) is 11.1. The lowest BCUT2D eigenvalue weighted by Crippen LogP contribution is -2.30. The molecule has 0 bridgehead atoms. The van der Waals surface area contributed by atoms with Crippen LogP contribution in [0.2, 0.25) is 0 Å². The Balaban J connectivity index is 1.82. The highest BCUT2D eigenvalue weighted by Crippen LogP contribution is 2.30. The molecule has 3 aromatic rings. The molecule has 0 atom stereocenters. The summed E-state index contributed by atoms with van der Waals surface area (Å²) in [6, 6.07) is 12.0. The number of carbonyl (C=O) groups excluding carboxylic acids is 1. The molecule has 0 saturated heterocycles. The van der Waals surface area contributed by atoms with E-state index in [1.807, 2.05) is 44.3 Å². The number of aromatic nitrogens is 2. The van der Waals surface area contributed by atoms with Crippen LogP contribution < -0.4 is 0 Å². The highest BCUT2D eigenvalue weighted by molar-refractivity contribution is 9.10. The van der Waals surface area contributed by atoms with Crippen molar-refractivity contribution in [2.75, 3.05) is 7.05 Å². The highest BCUT2D eigenvalue weighted by atomic mass is 79.9. The fourth-order valence-electron chi connectivity index (χ4n) is 2.70. The van der Waals surface area contributed by atoms with Gasteiger partial charge in [-0.15, -0.1) is 0 Å². The number of carbonyl (C=O) groups is 1. The molecule has 2 aromatic heterocycles. The number of benzene rings is 1. The maximum Gasteiger partial charge on any atom is 0.242 e. The third-order valence-corrected chi connectivity index (χ3v) is 5.02. The number of likely N-dealkylation sites (N-methyl/N-ethyl adjacent to an activating group) is 1. The van der Waals surface area contributed by atoms with Gasteiger partial charge in [0.15, 0.2) is 0 Å². The van der Waals surface area contributed by atoms with Crippen LogP contribution in [-0.4, -0.2) is 27.4 Å². The molecular weight excluding hydrogens is 354 g/mol. The van der Waals surface area contributed by atoms with E-state index in [0.29, 0.717) is 13.1 Å². The fraction of sp³-hybridized carbons (Fsp3) is 0.222. The number of hydrogen-bond acceptors (Lipinski definition) is 2. The predicted molar refractivity (Wildman–Crippen MR) is 95.1 cm³/mol. The third-order valence-electron chi connectivity index (χ3n) is 4.02. The van der Waals surface area contributed by atoms with Crippen LogP contribution in [0, 0.1) is 6.92 Å². The number of fused-ring (bicyclic) bond motifs is 1. The molecule has 4 nitrogen and oxygen atoms in total. The fourth-order valence-corrected chi connectivity index (χ4v) is 3.25. The minimum absolute atomic E-state index is 0.0743. The van der Waals surface area contributed by atoms with Crippen molar-refractivity contribution in [2.24, 2.45) is 0 Å². The summed E-state index contributed by atoms with van der Waals surface area (Å²) >= 11 is 3.63. The van der Waals surface area contributed by atoms with Crippen molar-refractivity contribution in [3.63, 3.8) is 0 Å². The zero-order valence-corrected chi connectivity index (χ0v) is 14.7. The maximum atomic E-state index is 12.6. The van der Waals surface area contributed by atoms with Crippen molar-refractivity contribution >= 4 is 32.7 Å². The lowest BCUT2D eigenvalue weighted by Gasteiger charge is -2.18. The molecule has 1 aromatic carbocycles. The summed E-state index contributed by atoms with van der Waals surface area (Å²) in [4.78, 5) is 18.4. The second-order valence-corrected chi connectivity index (χ2v) is 6.41. The molecule has 5 heteroatoms. The van der Waals surface area contributed by atoms with Crippen molar-refractivity contribution in [1.82, 2.24) is 14.5 Å². The van der Waals surface area contributed by atoms with Crippen LogP contribution in [0.4, 0.5) is 0 Å². The van der Waals surface area contributed by atoms with Crippen LogP contribution in [0.25, 0.3) is 10.9 Å². The summed E-state index contributed by atoms with van der Waals surface area (Å²) in [7, 11) is 1.82. The molecule has 118 valence electrons. The summed E-state index contributed by atoms with van der Waals surface area (Å²) in [5, 5.41) is 1.13. The standard InChI is InChI=1S/C18H18BrN3O/c1-13-18(19)15-7-3-4-8-16(15)22(13)12-17(23)21(2)11-14-6-5-9-20-10-14/h3-10H,11-12H2,1-2H3. The molecule has 23 heavy (non-hydrogen) atoms. The van der Waals surface area contributed by atoms with E-state index < -0.39 is 0 Å². The minimum Gasteiger partial charge on any atom is -0.340 e. The summed E-state index contributed by atoms with van der Waals surface area (Å²) in [6.45, 7) is 2.92. The molecular formula is C18H18BrN3O. The number of halogens is 1. The maximum absolute atomic E-state index is 12.6. The van der Waals surface area contributed by atoms with Gasteiger partial charge in [-0.25, -0.2) is 0 Å². The summed E-state index contributed by atoms with van der Waals surface area (Å²) in [5.41, 5.74) is 3.16. The Bertz CT molecular complexity index is 842. The normalized spacial score (nSPS) is 10.9. The van der Waals surface area contributed by atoms with Crippen molar-refractivity contribution in [1.29, 1.82) is 0 Å². The SMILES string of the molecule is Cc1c(Br)c2ccccc2n1CC(=O)N(C)Cc1cccnc1. The van der Waals surface area contributed by atoms with E-state index in [9.17, 15) is 4.79 Å². The van der Waals surface area contributed by atoms with Crippen LogP contribution in [0.3, 0.4) is 0 Å². The molecule has 0 fully saturated rings. The average molecular weight is 372 g/mol. The Morgan fingerprint density at radius 2 is 2.04 bits per heavy atom. The average Bonchev–Trinajstić information content (AvgIpc) is 2.81. The monoisotopic (exact) mass is 371 g/mol. The Hall–Kier alpha value is -2.14. The number of amides is 1. The number of hydrogen-bond donors (Lipinski definition) is 0. The van der Waals surface area contributed by atoms with Crippen LogP contribution in [0.5, 0.6) is 0 Å². The number of rotatable bonds is 4. The Morgan fingerprint density at radius 3 is 2.78 bits per heavy atom. The summed E-state index contributed by atoms with van der Waals surface area (Å²) < 4.78 is 3.11. The van der Waals surface area contributed by atoms with Gasteiger partial charge in [-0.05, 0) is 40.5 Å². The van der Waals surface area contributed by atoms with Gasteiger partial charge in [0.25, 0.3) is 0 Å². The van der Waals surface area contributed by atoms with Gasteiger partial charge in [0.1, 0.15) is 6.54 Å². The first-order valence-corrected chi connectivity index (χ1v) is 8.23. The summed E-state index contributed by atoms with van der Waals surface area (Å²) in [5.74, 6) is 0.0743. The quantitative estimate of drug-likeness (QED) is 0.699. The molecule has 0 aliphatic rings. The van der Waals surface area contributed by atoms with E-state index in [0.717, 1.165) is 26.6 Å². The highest BCUT2D eigenvalue weighted by Gasteiger charge is 2.16. The first kappa shape index (κ1) is 15.7. The van der Waals surface area contributed by atoms with Gasteiger partial charge in [-0.3, -0.25) is 9.78 Å². The van der Waals surface area contributed by atoms with Crippen molar-refractivity contribution in [3.05, 3.63) is 64.5 Å². The van der Waals surface area contributed by atoms with Crippen molar-refractivity contribution in [2.45, 2.75) is 20.0 Å². The molecule has 3 rings (SSSR count). The number of para-hydroxylation sites is 1. The molecule has 0 unspecified atom stereocenters. The van der Waals surface area contributed by atoms with Gasteiger partial charge in [0.2, 0.25) is 5.91 Å². The van der Waals surface area contributed by atoms with Gasteiger partial charge >= 0.3 is 0 Å². The van der Waals surface area contributed by atoms with Crippen LogP contribution in [0.1, 0.15) is 11.3 Å². The lowest BCUT2D eigenvalue weighted by molar-refractivity contribution is -0.131. The minimum atomic E-state index is 0.0743. The smallest absolute Gasteiger partial charge is 0.242 e. The molecule has 0 aliphatic carbocycles. The van der Waals surface area contributed by atoms with Crippen LogP contribution in [0.15, 0.2) is 53.3 Å². The van der Waals surface area contributed by atoms with Gasteiger partial charge in [-0.2, -0.15) is 0 Å². The van der Waals surface area contributed by atoms with Crippen LogP contribution >= 0.6 is 15.9 Å². The largest absolute Gasteiger partial charge is 0.340 e. The topological polar surface area (TPSA) is 38.1 Å².